The Morgan fingerprint density at radius 1 is 0.621 bits per heavy atom. The van der Waals surface area contributed by atoms with Crippen molar-refractivity contribution in [1.82, 2.24) is 0 Å². The summed E-state index contributed by atoms with van der Waals surface area (Å²) >= 11 is 0. The van der Waals surface area contributed by atoms with E-state index in [-0.39, 0.29) is 39.6 Å². The van der Waals surface area contributed by atoms with Crippen molar-refractivity contribution >= 4 is 5.97 Å². The van der Waals surface area contributed by atoms with Gasteiger partial charge in [0.05, 0.1) is 30.8 Å². The highest BCUT2D eigenvalue weighted by atomic mass is 16.8. The first-order valence-corrected chi connectivity index (χ1v) is 24.6. The first kappa shape index (κ1) is 51.0. The van der Waals surface area contributed by atoms with Gasteiger partial charge >= 0.3 is 5.97 Å². The predicted octanol–water partition coefficient (Wildman–Crippen LogP) is 1.41. The largest absolute Gasteiger partial charge is 0.432 e. The zero-order valence-corrected chi connectivity index (χ0v) is 40.1. The Hall–Kier alpha value is -1.39. The second-order valence-electron chi connectivity index (χ2n) is 23.5. The molecule has 0 spiro atoms. The first-order chi connectivity index (χ1) is 30.8. The van der Waals surface area contributed by atoms with Crippen LogP contribution in [-0.4, -0.2) is 168 Å². The SMILES string of the molecule is C=C(C)[C@@H]1CC[C@]2(C(=O)O[C@@H]3O[C@H](CO[C@@H]4O[C@H](CO)[C@@H](O[C@@H]5O[C@@H](C)[C@H](O)[C@@H](O)[C@H]5O)[C@H](O)[C@H]4O)[C@@H](O)[C@H](O)[C@H]3O)CC[C@]3(C)[C@H](CC[C@@H]4[C@@]5(C)CC[C@@H](O)C(C)(C)[C@@H]5CC[C@]43C)[C@@]12C. The van der Waals surface area contributed by atoms with Crippen molar-refractivity contribution in [3.63, 3.8) is 0 Å². The molecule has 3 saturated heterocycles. The molecule has 0 aromatic heterocycles. The van der Waals surface area contributed by atoms with Crippen molar-refractivity contribution in [2.45, 2.75) is 218 Å². The summed E-state index contributed by atoms with van der Waals surface area (Å²) in [6.45, 7) is 20.8. The van der Waals surface area contributed by atoms with E-state index in [1.807, 2.05) is 6.92 Å². The number of esters is 1. The Labute approximate surface area is 388 Å². The van der Waals surface area contributed by atoms with Crippen LogP contribution in [0.1, 0.15) is 120 Å². The highest BCUT2D eigenvalue weighted by Gasteiger charge is 2.76. The van der Waals surface area contributed by atoms with Gasteiger partial charge in [0.25, 0.3) is 0 Å². The molecule has 0 aromatic rings. The van der Waals surface area contributed by atoms with E-state index in [4.69, 9.17) is 28.4 Å². The van der Waals surface area contributed by atoms with Gasteiger partial charge in [-0.25, -0.2) is 0 Å². The molecule has 5 aliphatic carbocycles. The van der Waals surface area contributed by atoms with E-state index in [9.17, 15) is 51.1 Å². The van der Waals surface area contributed by atoms with E-state index < -0.39 is 122 Å². The van der Waals surface area contributed by atoms with Gasteiger partial charge in [0.2, 0.25) is 6.29 Å². The average molecular weight is 941 g/mol. The summed E-state index contributed by atoms with van der Waals surface area (Å²) in [6.07, 6.45) is -15.9. The lowest BCUT2D eigenvalue weighted by Crippen LogP contribution is -2.69. The number of rotatable bonds is 9. The van der Waals surface area contributed by atoms with Crippen LogP contribution in [0.3, 0.4) is 0 Å². The first-order valence-electron chi connectivity index (χ1n) is 24.6. The van der Waals surface area contributed by atoms with Gasteiger partial charge in [0, 0.05) is 0 Å². The third-order valence-corrected chi connectivity index (χ3v) is 20.5. The quantitative estimate of drug-likeness (QED) is 0.116. The van der Waals surface area contributed by atoms with Crippen LogP contribution in [0.5, 0.6) is 0 Å². The van der Waals surface area contributed by atoms with Gasteiger partial charge in [-0.2, -0.15) is 0 Å². The number of allylic oxidation sites excluding steroid dienone is 1. The van der Waals surface area contributed by atoms with Crippen LogP contribution in [-0.2, 0) is 33.2 Å². The van der Waals surface area contributed by atoms with E-state index in [1.54, 1.807) is 0 Å². The maximum absolute atomic E-state index is 15.2. The predicted molar refractivity (Wildman–Crippen MR) is 233 cm³/mol. The maximum atomic E-state index is 15.2. The molecule has 0 bridgehead atoms. The standard InChI is InChI=1S/C49H80O17/c1-22(2)24-12-17-49(19-18-47(8)29(48(24,49)9)11-10-28-45(6)15-14-30(51)44(4,5)27(45)13-16-46(28,47)7)43(60)66-42-37(58)34(55)32(53)26(64-42)21-61-40-38(59)35(56)39(25(20-50)63-40)65-41-36(57)33(54)31(52)23(3)62-41/h23-42,50-59H,1,10-21H2,2-9H3/t23-,24-,25+,26+,27-,28+,29-,30+,31-,32+,33+,34-,35+,36+,37+,38+,39+,40+,41-,42-,45-,46+,47+,48+,49+/m0/s1. The molecule has 3 aliphatic heterocycles. The molecule has 0 radical (unpaired) electrons. The van der Waals surface area contributed by atoms with Gasteiger partial charge in [-0.3, -0.25) is 4.79 Å². The third kappa shape index (κ3) is 7.37. The summed E-state index contributed by atoms with van der Waals surface area (Å²) < 4.78 is 34.9. The van der Waals surface area contributed by atoms with Crippen LogP contribution < -0.4 is 0 Å². The molecule has 8 rings (SSSR count). The topological polar surface area (TPSA) is 275 Å². The molecule has 5 saturated carbocycles. The number of aliphatic hydroxyl groups excluding tert-OH is 10. The average Bonchev–Trinajstić information content (AvgIpc) is 3.59. The van der Waals surface area contributed by atoms with E-state index in [0.29, 0.717) is 24.7 Å². The van der Waals surface area contributed by atoms with Crippen molar-refractivity contribution in [2.75, 3.05) is 13.2 Å². The van der Waals surface area contributed by atoms with Crippen LogP contribution in [0, 0.1) is 56.2 Å². The van der Waals surface area contributed by atoms with E-state index >= 15 is 4.79 Å². The Kier molecular flexibility index (Phi) is 13.7. The van der Waals surface area contributed by atoms with Crippen LogP contribution in [0.15, 0.2) is 12.2 Å². The summed E-state index contributed by atoms with van der Waals surface area (Å²) in [5.74, 6) is 0.479. The van der Waals surface area contributed by atoms with Gasteiger partial charge < -0.3 is 79.5 Å². The van der Waals surface area contributed by atoms with Crippen molar-refractivity contribution in [2.24, 2.45) is 56.2 Å². The highest BCUT2D eigenvalue weighted by molar-refractivity contribution is 5.79. The van der Waals surface area contributed by atoms with E-state index in [2.05, 4.69) is 48.1 Å². The molecule has 66 heavy (non-hydrogen) atoms. The minimum atomic E-state index is -1.84. The monoisotopic (exact) mass is 941 g/mol. The minimum Gasteiger partial charge on any atom is -0.432 e. The normalized spacial score (nSPS) is 55.7. The molecular weight excluding hydrogens is 861 g/mol. The number of hydrogen-bond donors (Lipinski definition) is 10. The molecule has 8 fully saturated rings. The van der Waals surface area contributed by atoms with Crippen molar-refractivity contribution in [3.05, 3.63) is 12.2 Å². The summed E-state index contributed by atoms with van der Waals surface area (Å²) in [4.78, 5) is 15.2. The zero-order valence-electron chi connectivity index (χ0n) is 40.1. The number of hydrogen-bond acceptors (Lipinski definition) is 17. The number of carbonyl (C=O) groups is 1. The van der Waals surface area contributed by atoms with Crippen molar-refractivity contribution in [1.29, 1.82) is 0 Å². The van der Waals surface area contributed by atoms with Gasteiger partial charge in [0.1, 0.15) is 67.1 Å². The molecule has 17 heteroatoms. The highest BCUT2D eigenvalue weighted by Crippen LogP contribution is 2.80. The number of ether oxygens (including phenoxy) is 6. The zero-order chi connectivity index (χ0) is 48.4. The molecular formula is C49H80O17. The van der Waals surface area contributed by atoms with Gasteiger partial charge in [-0.05, 0) is 129 Å². The molecule has 0 aromatic carbocycles. The van der Waals surface area contributed by atoms with Gasteiger partial charge in [-0.1, -0.05) is 53.7 Å². The number of fused-ring (bicyclic) bond motifs is 7. The lowest BCUT2D eigenvalue weighted by Gasteiger charge is -2.74. The van der Waals surface area contributed by atoms with Crippen LogP contribution in [0.25, 0.3) is 0 Å². The molecule has 8 aliphatic rings. The molecule has 25 atom stereocenters. The number of aliphatic hydroxyl groups is 10. The fourth-order valence-corrected chi connectivity index (χ4v) is 16.5. The van der Waals surface area contributed by atoms with Crippen LogP contribution in [0.2, 0.25) is 0 Å². The lowest BCUT2D eigenvalue weighted by atomic mass is 9.30. The Balaban J connectivity index is 0.980. The van der Waals surface area contributed by atoms with Crippen molar-refractivity contribution < 1.29 is 84.3 Å². The van der Waals surface area contributed by atoms with Crippen LogP contribution >= 0.6 is 0 Å². The van der Waals surface area contributed by atoms with Gasteiger partial charge in [-0.15, -0.1) is 0 Å². The summed E-state index contributed by atoms with van der Waals surface area (Å²) in [5, 5.41) is 108. The summed E-state index contributed by atoms with van der Waals surface area (Å²) in [5.41, 5.74) is -0.778. The second-order valence-corrected chi connectivity index (χ2v) is 23.5. The minimum absolute atomic E-state index is 0.0181. The van der Waals surface area contributed by atoms with E-state index in [1.165, 1.54) is 6.92 Å². The van der Waals surface area contributed by atoms with E-state index in [0.717, 1.165) is 56.9 Å². The number of carbonyl (C=O) groups excluding carboxylic acids is 1. The maximum Gasteiger partial charge on any atom is 0.315 e. The fourth-order valence-electron chi connectivity index (χ4n) is 16.5. The smallest absolute Gasteiger partial charge is 0.315 e. The van der Waals surface area contributed by atoms with Crippen molar-refractivity contribution in [3.8, 4) is 0 Å². The Bertz CT molecular complexity index is 1800. The summed E-state index contributed by atoms with van der Waals surface area (Å²) in [7, 11) is 0. The third-order valence-electron chi connectivity index (χ3n) is 20.5. The molecule has 0 unspecified atom stereocenters. The fraction of sp³-hybridized carbons (Fsp3) is 0.939. The molecule has 3 heterocycles. The van der Waals surface area contributed by atoms with Crippen LogP contribution in [0.4, 0.5) is 0 Å². The lowest BCUT2D eigenvalue weighted by molar-refractivity contribution is -0.361. The molecule has 0 amide bonds. The Morgan fingerprint density at radius 3 is 1.89 bits per heavy atom. The molecule has 378 valence electrons. The summed E-state index contributed by atoms with van der Waals surface area (Å²) in [6, 6.07) is 0. The van der Waals surface area contributed by atoms with Gasteiger partial charge in [0.15, 0.2) is 12.6 Å². The second kappa shape index (κ2) is 17.7. The molecule has 17 nitrogen and oxygen atoms in total. The molecule has 10 N–H and O–H groups in total. The Morgan fingerprint density at radius 2 is 1.23 bits per heavy atom.